The highest BCUT2D eigenvalue weighted by Gasteiger charge is 2.19. The number of thioether (sulfide) groups is 1. The molecule has 0 radical (unpaired) electrons. The Bertz CT molecular complexity index is 273. The standard InChI is InChI=1S/C14H28N2O2S/c1-5-12(16-13(17)18-14(2,3)4)9-15-8-11-6-7-19-10-11/h11-12,15H,5-10H2,1-4H3,(H,16,17). The molecule has 2 unspecified atom stereocenters. The molecule has 0 saturated carbocycles. The molecule has 0 aromatic carbocycles. The minimum atomic E-state index is -0.434. The summed E-state index contributed by atoms with van der Waals surface area (Å²) >= 11 is 2.03. The van der Waals surface area contributed by atoms with E-state index in [9.17, 15) is 4.79 Å². The minimum absolute atomic E-state index is 0.143. The van der Waals surface area contributed by atoms with Gasteiger partial charge in [-0.25, -0.2) is 4.79 Å². The molecular weight excluding hydrogens is 260 g/mol. The van der Waals surface area contributed by atoms with Crippen molar-refractivity contribution >= 4 is 17.9 Å². The molecule has 1 aliphatic rings. The van der Waals surface area contributed by atoms with Gasteiger partial charge in [-0.2, -0.15) is 11.8 Å². The molecule has 2 N–H and O–H groups in total. The van der Waals surface area contributed by atoms with Gasteiger partial charge in [-0.1, -0.05) is 6.92 Å². The van der Waals surface area contributed by atoms with E-state index in [4.69, 9.17) is 4.74 Å². The van der Waals surface area contributed by atoms with Crippen LogP contribution in [0.15, 0.2) is 0 Å². The highest BCUT2D eigenvalue weighted by Crippen LogP contribution is 2.22. The second-order valence-corrected chi connectivity index (χ2v) is 7.29. The topological polar surface area (TPSA) is 50.4 Å². The summed E-state index contributed by atoms with van der Waals surface area (Å²) in [5, 5.41) is 6.38. The second kappa shape index (κ2) is 8.00. The maximum atomic E-state index is 11.7. The number of hydrogen-bond acceptors (Lipinski definition) is 4. The maximum absolute atomic E-state index is 11.7. The van der Waals surface area contributed by atoms with Gasteiger partial charge in [-0.3, -0.25) is 0 Å². The zero-order valence-corrected chi connectivity index (χ0v) is 13.4. The molecule has 1 saturated heterocycles. The number of carbonyl (C=O) groups excluding carboxylic acids is 1. The van der Waals surface area contributed by atoms with Crippen LogP contribution in [-0.2, 0) is 4.74 Å². The average molecular weight is 288 g/mol. The van der Waals surface area contributed by atoms with Gasteiger partial charge in [-0.05, 0) is 57.6 Å². The highest BCUT2D eigenvalue weighted by atomic mass is 32.2. The first-order valence-electron chi connectivity index (χ1n) is 7.18. The largest absolute Gasteiger partial charge is 0.444 e. The summed E-state index contributed by atoms with van der Waals surface area (Å²) in [6, 6.07) is 0.143. The molecule has 1 amide bonds. The van der Waals surface area contributed by atoms with Crippen LogP contribution >= 0.6 is 11.8 Å². The van der Waals surface area contributed by atoms with E-state index in [2.05, 4.69) is 17.6 Å². The Morgan fingerprint density at radius 3 is 2.74 bits per heavy atom. The van der Waals surface area contributed by atoms with Crippen LogP contribution in [0.5, 0.6) is 0 Å². The van der Waals surface area contributed by atoms with Crippen LogP contribution in [0.4, 0.5) is 4.79 Å². The Morgan fingerprint density at radius 2 is 2.21 bits per heavy atom. The van der Waals surface area contributed by atoms with Gasteiger partial charge in [0, 0.05) is 12.6 Å². The zero-order chi connectivity index (χ0) is 14.3. The quantitative estimate of drug-likeness (QED) is 0.789. The van der Waals surface area contributed by atoms with E-state index in [0.717, 1.165) is 25.4 Å². The van der Waals surface area contributed by atoms with Crippen LogP contribution < -0.4 is 10.6 Å². The summed E-state index contributed by atoms with van der Waals surface area (Å²) in [5.74, 6) is 3.35. The van der Waals surface area contributed by atoms with Crippen molar-refractivity contribution in [2.75, 3.05) is 24.6 Å². The fourth-order valence-electron chi connectivity index (χ4n) is 1.98. The Morgan fingerprint density at radius 1 is 1.47 bits per heavy atom. The number of hydrogen-bond donors (Lipinski definition) is 2. The number of ether oxygens (including phenoxy) is 1. The molecule has 0 bridgehead atoms. The van der Waals surface area contributed by atoms with E-state index in [0.29, 0.717) is 0 Å². The summed E-state index contributed by atoms with van der Waals surface area (Å²) in [5.41, 5.74) is -0.434. The first-order valence-corrected chi connectivity index (χ1v) is 8.34. The van der Waals surface area contributed by atoms with Gasteiger partial charge in [-0.15, -0.1) is 0 Å². The molecule has 1 aliphatic heterocycles. The van der Waals surface area contributed by atoms with Gasteiger partial charge in [0.25, 0.3) is 0 Å². The van der Waals surface area contributed by atoms with Crippen LogP contribution in [0.2, 0.25) is 0 Å². The van der Waals surface area contributed by atoms with Gasteiger partial charge < -0.3 is 15.4 Å². The number of nitrogens with one attached hydrogen (secondary N) is 2. The Hall–Kier alpha value is -0.420. The maximum Gasteiger partial charge on any atom is 0.407 e. The fourth-order valence-corrected chi connectivity index (χ4v) is 3.26. The lowest BCUT2D eigenvalue weighted by molar-refractivity contribution is 0.0502. The van der Waals surface area contributed by atoms with E-state index in [1.807, 2.05) is 32.5 Å². The molecule has 0 aromatic rings. The van der Waals surface area contributed by atoms with Gasteiger partial charge >= 0.3 is 6.09 Å². The lowest BCUT2D eigenvalue weighted by atomic mass is 10.1. The number of alkyl carbamates (subject to hydrolysis) is 1. The van der Waals surface area contributed by atoms with Gasteiger partial charge in [0.05, 0.1) is 0 Å². The summed E-state index contributed by atoms with van der Waals surface area (Å²) < 4.78 is 5.27. The van der Waals surface area contributed by atoms with Crippen LogP contribution in [0.1, 0.15) is 40.5 Å². The van der Waals surface area contributed by atoms with Gasteiger partial charge in [0.1, 0.15) is 5.60 Å². The third-order valence-electron chi connectivity index (χ3n) is 3.06. The van der Waals surface area contributed by atoms with E-state index >= 15 is 0 Å². The molecule has 0 spiro atoms. The second-order valence-electron chi connectivity index (χ2n) is 6.14. The molecule has 4 nitrogen and oxygen atoms in total. The predicted octanol–water partition coefficient (Wildman–Crippen LogP) is 2.63. The summed E-state index contributed by atoms with van der Waals surface area (Å²) in [4.78, 5) is 11.7. The molecule has 1 fully saturated rings. The SMILES string of the molecule is CCC(CNCC1CCSC1)NC(=O)OC(C)(C)C. The van der Waals surface area contributed by atoms with Crippen LogP contribution in [0.3, 0.4) is 0 Å². The lowest BCUT2D eigenvalue weighted by Crippen LogP contribution is -2.44. The zero-order valence-electron chi connectivity index (χ0n) is 12.6. The smallest absolute Gasteiger partial charge is 0.407 e. The average Bonchev–Trinajstić information content (AvgIpc) is 2.78. The van der Waals surface area contributed by atoms with E-state index in [1.165, 1.54) is 17.9 Å². The molecule has 0 aliphatic carbocycles. The number of carbonyl (C=O) groups is 1. The first kappa shape index (κ1) is 16.6. The third kappa shape index (κ3) is 7.67. The normalized spacial score (nSPS) is 21.2. The van der Waals surface area contributed by atoms with Crippen LogP contribution in [0, 0.1) is 5.92 Å². The van der Waals surface area contributed by atoms with Crippen molar-refractivity contribution in [3.63, 3.8) is 0 Å². The van der Waals surface area contributed by atoms with Gasteiger partial charge in [0.15, 0.2) is 0 Å². The Balaban J connectivity index is 2.19. The summed E-state index contributed by atoms with van der Waals surface area (Å²) in [7, 11) is 0. The van der Waals surface area contributed by atoms with Crippen molar-refractivity contribution in [1.82, 2.24) is 10.6 Å². The number of rotatable bonds is 6. The molecule has 5 heteroatoms. The highest BCUT2D eigenvalue weighted by molar-refractivity contribution is 7.99. The Kier molecular flexibility index (Phi) is 7.00. The predicted molar refractivity (Wildman–Crippen MR) is 81.8 cm³/mol. The van der Waals surface area contributed by atoms with Gasteiger partial charge in [0.2, 0.25) is 0 Å². The van der Waals surface area contributed by atoms with Crippen molar-refractivity contribution in [3.05, 3.63) is 0 Å². The van der Waals surface area contributed by atoms with E-state index in [1.54, 1.807) is 0 Å². The molecule has 19 heavy (non-hydrogen) atoms. The molecule has 0 aromatic heterocycles. The molecule has 2 atom stereocenters. The first-order chi connectivity index (χ1) is 8.90. The lowest BCUT2D eigenvalue weighted by Gasteiger charge is -2.23. The van der Waals surface area contributed by atoms with Crippen molar-refractivity contribution in [2.24, 2.45) is 5.92 Å². The fraction of sp³-hybridized carbons (Fsp3) is 0.929. The molecular formula is C14H28N2O2S. The number of amides is 1. The van der Waals surface area contributed by atoms with Crippen LogP contribution in [0.25, 0.3) is 0 Å². The van der Waals surface area contributed by atoms with Crippen molar-refractivity contribution < 1.29 is 9.53 Å². The van der Waals surface area contributed by atoms with Crippen molar-refractivity contribution in [3.8, 4) is 0 Å². The molecule has 1 rings (SSSR count). The summed E-state index contributed by atoms with van der Waals surface area (Å²) in [6.45, 7) is 9.59. The summed E-state index contributed by atoms with van der Waals surface area (Å²) in [6.07, 6.45) is 1.90. The molecule has 112 valence electrons. The van der Waals surface area contributed by atoms with E-state index < -0.39 is 5.60 Å². The minimum Gasteiger partial charge on any atom is -0.444 e. The monoisotopic (exact) mass is 288 g/mol. The Labute approximate surface area is 121 Å². The third-order valence-corrected chi connectivity index (χ3v) is 4.29. The van der Waals surface area contributed by atoms with Crippen molar-refractivity contribution in [2.45, 2.75) is 52.2 Å². The van der Waals surface area contributed by atoms with Crippen LogP contribution in [-0.4, -0.2) is 42.3 Å². The van der Waals surface area contributed by atoms with Crippen molar-refractivity contribution in [1.29, 1.82) is 0 Å². The molecule has 1 heterocycles. The van der Waals surface area contributed by atoms with E-state index in [-0.39, 0.29) is 12.1 Å².